The van der Waals surface area contributed by atoms with Crippen molar-refractivity contribution in [3.05, 3.63) is 47.4 Å². The summed E-state index contributed by atoms with van der Waals surface area (Å²) < 4.78 is 13.6. The predicted octanol–water partition coefficient (Wildman–Crippen LogP) is 4.43. The van der Waals surface area contributed by atoms with Crippen LogP contribution in [0.15, 0.2) is 30.5 Å². The molecule has 2 nitrogen and oxygen atoms in total. The highest BCUT2D eigenvalue weighted by atomic mass is 19.1. The van der Waals surface area contributed by atoms with E-state index in [4.69, 9.17) is 5.73 Å². The van der Waals surface area contributed by atoms with Crippen molar-refractivity contribution in [2.75, 3.05) is 5.73 Å². The molecule has 3 heteroatoms. The zero-order valence-corrected chi connectivity index (χ0v) is 13.0. The highest BCUT2D eigenvalue weighted by molar-refractivity contribution is 5.65. The number of hydrogen-bond donors (Lipinski definition) is 1. The van der Waals surface area contributed by atoms with Crippen molar-refractivity contribution in [3.63, 3.8) is 0 Å². The van der Waals surface area contributed by atoms with Crippen LogP contribution < -0.4 is 5.73 Å². The fourth-order valence-corrected chi connectivity index (χ4v) is 3.75. The third-order valence-corrected chi connectivity index (χ3v) is 4.54. The molecule has 21 heavy (non-hydrogen) atoms. The summed E-state index contributed by atoms with van der Waals surface area (Å²) in [6.07, 6.45) is 2.50. The molecule has 0 atom stereocenters. The molecule has 1 aromatic heterocycles. The van der Waals surface area contributed by atoms with Gasteiger partial charge in [0.2, 0.25) is 0 Å². The molecule has 0 saturated carbocycles. The van der Waals surface area contributed by atoms with Gasteiger partial charge in [-0.15, -0.1) is 0 Å². The van der Waals surface area contributed by atoms with Gasteiger partial charge in [0.05, 0.1) is 17.6 Å². The Bertz CT molecular complexity index is 717. The van der Waals surface area contributed by atoms with Gasteiger partial charge in [-0.3, -0.25) is 4.98 Å². The number of fused-ring (bicyclic) bond motifs is 1. The number of rotatable bonds is 1. The first-order valence-corrected chi connectivity index (χ1v) is 7.27. The Kier molecular flexibility index (Phi) is 2.88. The molecule has 2 N–H and O–H groups in total. The molecule has 0 bridgehead atoms. The summed E-state index contributed by atoms with van der Waals surface area (Å²) in [5, 5.41) is 0. The number of hydrogen-bond acceptors (Lipinski definition) is 2. The number of aromatic nitrogens is 1. The minimum Gasteiger partial charge on any atom is -0.395 e. The van der Waals surface area contributed by atoms with Crippen LogP contribution in [0.4, 0.5) is 10.1 Å². The normalized spacial score (nSPS) is 18.5. The van der Waals surface area contributed by atoms with Crippen molar-refractivity contribution in [2.45, 2.75) is 44.9 Å². The molecule has 110 valence electrons. The Morgan fingerprint density at radius 1 is 1.05 bits per heavy atom. The summed E-state index contributed by atoms with van der Waals surface area (Å²) in [5.74, 6) is -0.417. The number of anilines is 1. The molecule has 0 radical (unpaired) electrons. The Morgan fingerprint density at radius 3 is 2.38 bits per heavy atom. The summed E-state index contributed by atoms with van der Waals surface area (Å²) >= 11 is 0. The zero-order chi connectivity index (χ0) is 15.4. The average molecular weight is 284 g/mol. The molecule has 0 saturated heterocycles. The number of pyridine rings is 1. The van der Waals surface area contributed by atoms with Gasteiger partial charge in [0.25, 0.3) is 0 Å². The smallest absolute Gasteiger partial charge is 0.149 e. The summed E-state index contributed by atoms with van der Waals surface area (Å²) in [4.78, 5) is 4.25. The van der Waals surface area contributed by atoms with Crippen LogP contribution in [0.2, 0.25) is 0 Å². The Morgan fingerprint density at radius 2 is 1.71 bits per heavy atom. The Balaban J connectivity index is 2.14. The minimum atomic E-state index is -0.417. The van der Waals surface area contributed by atoms with Crippen LogP contribution in [0.3, 0.4) is 0 Å². The van der Waals surface area contributed by atoms with E-state index in [1.54, 1.807) is 0 Å². The molecule has 0 aliphatic heterocycles. The van der Waals surface area contributed by atoms with E-state index in [1.165, 1.54) is 23.4 Å². The molecule has 0 unspecified atom stereocenters. The first kappa shape index (κ1) is 14.1. The molecular formula is C18H21FN2. The molecule has 1 aliphatic carbocycles. The van der Waals surface area contributed by atoms with Gasteiger partial charge in [0.15, 0.2) is 0 Å². The quantitative estimate of drug-likeness (QED) is 0.841. The van der Waals surface area contributed by atoms with Crippen molar-refractivity contribution < 1.29 is 4.39 Å². The fourth-order valence-electron chi connectivity index (χ4n) is 3.75. The highest BCUT2D eigenvalue weighted by Crippen LogP contribution is 2.50. The maximum absolute atomic E-state index is 13.6. The molecule has 1 aromatic carbocycles. The van der Waals surface area contributed by atoms with Gasteiger partial charge in [-0.05, 0) is 34.4 Å². The summed E-state index contributed by atoms with van der Waals surface area (Å²) in [7, 11) is 0. The largest absolute Gasteiger partial charge is 0.395 e. The van der Waals surface area contributed by atoms with Gasteiger partial charge in [0.1, 0.15) is 5.82 Å². The van der Waals surface area contributed by atoms with Crippen LogP contribution in [0.1, 0.15) is 45.2 Å². The number of nitrogens with two attached hydrogens (primary N) is 1. The van der Waals surface area contributed by atoms with E-state index in [1.807, 2.05) is 6.07 Å². The van der Waals surface area contributed by atoms with E-state index in [0.717, 1.165) is 12.0 Å². The van der Waals surface area contributed by atoms with Crippen LogP contribution in [0.25, 0.3) is 11.3 Å². The van der Waals surface area contributed by atoms with E-state index in [0.29, 0.717) is 5.69 Å². The topological polar surface area (TPSA) is 38.9 Å². The molecular weight excluding hydrogens is 263 g/mol. The van der Waals surface area contributed by atoms with Gasteiger partial charge in [-0.25, -0.2) is 4.39 Å². The molecule has 0 fully saturated rings. The van der Waals surface area contributed by atoms with Crippen molar-refractivity contribution in [1.29, 1.82) is 0 Å². The van der Waals surface area contributed by atoms with Gasteiger partial charge in [0, 0.05) is 11.6 Å². The van der Waals surface area contributed by atoms with E-state index >= 15 is 0 Å². The molecule has 2 aromatic rings. The van der Waals surface area contributed by atoms with Crippen LogP contribution in [0, 0.1) is 5.82 Å². The monoisotopic (exact) mass is 284 g/mol. The van der Waals surface area contributed by atoms with Gasteiger partial charge in [-0.1, -0.05) is 39.8 Å². The van der Waals surface area contributed by atoms with Gasteiger partial charge in [-0.2, -0.15) is 0 Å². The molecule has 1 aliphatic rings. The van der Waals surface area contributed by atoms with Crippen LogP contribution in [-0.4, -0.2) is 4.98 Å². The maximum Gasteiger partial charge on any atom is 0.149 e. The number of nitrogen functional groups attached to an aromatic ring is 1. The summed E-state index contributed by atoms with van der Waals surface area (Å²) in [5.41, 5.74) is 10.2. The number of halogens is 1. The second-order valence-corrected chi connectivity index (χ2v) is 7.30. The van der Waals surface area contributed by atoms with E-state index in [-0.39, 0.29) is 16.5 Å². The van der Waals surface area contributed by atoms with Crippen molar-refractivity contribution in [1.82, 2.24) is 4.98 Å². The second-order valence-electron chi connectivity index (χ2n) is 7.30. The molecule has 1 heterocycles. The first-order chi connectivity index (χ1) is 9.71. The molecule has 0 amide bonds. The number of benzene rings is 1. The average Bonchev–Trinajstić information content (AvgIpc) is 2.58. The minimum absolute atomic E-state index is 0.0846. The predicted molar refractivity (Wildman–Crippen MR) is 84.7 cm³/mol. The molecule has 0 spiro atoms. The number of nitrogens with zero attached hydrogens (tertiary/aromatic N) is 1. The van der Waals surface area contributed by atoms with Crippen LogP contribution in [0.5, 0.6) is 0 Å². The first-order valence-electron chi connectivity index (χ1n) is 7.27. The Labute approximate surface area is 125 Å². The highest BCUT2D eigenvalue weighted by Gasteiger charge is 2.41. The van der Waals surface area contributed by atoms with Crippen molar-refractivity contribution in [3.8, 4) is 11.3 Å². The van der Waals surface area contributed by atoms with E-state index in [2.05, 4.69) is 44.8 Å². The standard InChI is InChI=1S/C18H21FN2/c1-17(2)10-18(3,4)13-7-11(5-6-12(13)17)16-8-14(19)15(20)9-21-16/h5-9H,10,20H2,1-4H3. The Hall–Kier alpha value is -1.90. The lowest BCUT2D eigenvalue weighted by molar-refractivity contribution is 0.403. The lowest BCUT2D eigenvalue weighted by atomic mass is 9.82. The zero-order valence-electron chi connectivity index (χ0n) is 13.0. The lowest BCUT2D eigenvalue weighted by Gasteiger charge is -2.22. The van der Waals surface area contributed by atoms with Gasteiger partial charge < -0.3 is 5.73 Å². The van der Waals surface area contributed by atoms with Crippen LogP contribution >= 0.6 is 0 Å². The van der Waals surface area contributed by atoms with Crippen molar-refractivity contribution in [2.24, 2.45) is 0 Å². The fraction of sp³-hybridized carbons (Fsp3) is 0.389. The van der Waals surface area contributed by atoms with E-state index < -0.39 is 5.82 Å². The SMILES string of the molecule is CC1(C)CC(C)(C)c2cc(-c3cc(F)c(N)cn3)ccc21. The van der Waals surface area contributed by atoms with Crippen LogP contribution in [-0.2, 0) is 10.8 Å². The molecule has 3 rings (SSSR count). The third-order valence-electron chi connectivity index (χ3n) is 4.54. The lowest BCUT2D eigenvalue weighted by Crippen LogP contribution is -2.17. The van der Waals surface area contributed by atoms with E-state index in [9.17, 15) is 4.39 Å². The van der Waals surface area contributed by atoms with Crippen molar-refractivity contribution >= 4 is 5.69 Å². The maximum atomic E-state index is 13.6. The summed E-state index contributed by atoms with van der Waals surface area (Å²) in [6, 6.07) is 7.75. The third kappa shape index (κ3) is 2.21. The second kappa shape index (κ2) is 4.30. The summed E-state index contributed by atoms with van der Waals surface area (Å²) in [6.45, 7) is 9.09. The van der Waals surface area contributed by atoms with Gasteiger partial charge >= 0.3 is 0 Å².